The minimum Gasteiger partial charge on any atom is -0.488 e. The average molecular weight is 618 g/mol. The van der Waals surface area contributed by atoms with Gasteiger partial charge in [0, 0.05) is 43.9 Å². The van der Waals surface area contributed by atoms with Gasteiger partial charge in [0.1, 0.15) is 12.7 Å². The Balaban J connectivity index is 2.60. The highest BCUT2D eigenvalue weighted by Gasteiger charge is 2.34. The SMILES string of the molecule is COC1/C=C\C=C(/C)C(=O)NC2=CC(=O)C(OCCN(C)C)=C(C[C@@H](C)C[C@H](OC)[C@H](O)[C@@H](C)/C=C(\C)[C@@H]1OC(N)=O)C2=O. The number of primary amides is 1. The molecule has 4 N–H and O–H groups in total. The van der Waals surface area contributed by atoms with Gasteiger partial charge in [0.15, 0.2) is 11.9 Å². The summed E-state index contributed by atoms with van der Waals surface area (Å²) in [7, 11) is 6.64. The molecule has 0 aromatic rings. The van der Waals surface area contributed by atoms with Gasteiger partial charge >= 0.3 is 6.09 Å². The summed E-state index contributed by atoms with van der Waals surface area (Å²) in [5.74, 6) is -2.35. The number of Topliss-reactive ketones (excluding diaryl/α,β-unsaturated/α-hetero) is 1. The fraction of sp³-hybridized carbons (Fsp3) is 0.562. The molecule has 1 aliphatic carbocycles. The lowest BCUT2D eigenvalue weighted by Gasteiger charge is -2.30. The third-order valence-corrected chi connectivity index (χ3v) is 7.53. The van der Waals surface area contributed by atoms with Gasteiger partial charge in [-0.05, 0) is 52.3 Å². The van der Waals surface area contributed by atoms with Crippen LogP contribution in [0.3, 0.4) is 0 Å². The number of carbonyl (C=O) groups is 4. The first kappa shape index (κ1) is 36.6. The second-order valence-electron chi connectivity index (χ2n) is 11.5. The summed E-state index contributed by atoms with van der Waals surface area (Å²) < 4.78 is 22.4. The number of hydrogen-bond donors (Lipinski definition) is 3. The lowest BCUT2D eigenvalue weighted by Crippen LogP contribution is -2.37. The first-order chi connectivity index (χ1) is 20.7. The molecule has 0 radical (unpaired) electrons. The maximum atomic E-state index is 13.7. The molecule has 12 heteroatoms. The number of ketones is 2. The van der Waals surface area contributed by atoms with E-state index in [1.807, 2.05) is 25.9 Å². The Morgan fingerprint density at radius 1 is 1.14 bits per heavy atom. The topological polar surface area (TPSA) is 167 Å². The number of ether oxygens (including phenoxy) is 4. The molecule has 2 rings (SSSR count). The number of fused-ring (bicyclic) bond motifs is 2. The fourth-order valence-electron chi connectivity index (χ4n) is 5.05. The first-order valence-electron chi connectivity index (χ1n) is 14.6. The summed E-state index contributed by atoms with van der Waals surface area (Å²) in [6, 6.07) is 0. The maximum Gasteiger partial charge on any atom is 0.405 e. The molecule has 44 heavy (non-hydrogen) atoms. The molecule has 0 fully saturated rings. The Kier molecular flexibility index (Phi) is 14.2. The number of rotatable bonds is 7. The van der Waals surface area contributed by atoms with Gasteiger partial charge in [-0.3, -0.25) is 14.4 Å². The van der Waals surface area contributed by atoms with Crippen LogP contribution in [0.2, 0.25) is 0 Å². The van der Waals surface area contributed by atoms with E-state index in [0.29, 0.717) is 18.5 Å². The number of likely N-dealkylation sites (N-methyl/N-ethyl adjacent to an activating group) is 1. The second kappa shape index (κ2) is 17.0. The number of allylic oxidation sites excluding steroid dienone is 4. The van der Waals surface area contributed by atoms with E-state index in [9.17, 15) is 24.3 Å². The molecular weight excluding hydrogens is 570 g/mol. The molecule has 0 aromatic carbocycles. The fourth-order valence-corrected chi connectivity index (χ4v) is 5.05. The number of aliphatic hydroxyl groups excluding tert-OH is 1. The number of aliphatic hydroxyl groups is 1. The van der Waals surface area contributed by atoms with E-state index in [1.165, 1.54) is 20.3 Å². The number of nitrogens with zero attached hydrogens (tertiary/aromatic N) is 1. The molecular formula is C32H47N3O9. The maximum absolute atomic E-state index is 13.7. The zero-order valence-corrected chi connectivity index (χ0v) is 26.9. The molecule has 1 heterocycles. The summed E-state index contributed by atoms with van der Waals surface area (Å²) >= 11 is 0. The van der Waals surface area contributed by atoms with E-state index in [0.717, 1.165) is 6.08 Å². The smallest absolute Gasteiger partial charge is 0.405 e. The van der Waals surface area contributed by atoms with Crippen LogP contribution >= 0.6 is 0 Å². The van der Waals surface area contributed by atoms with E-state index in [4.69, 9.17) is 24.7 Å². The van der Waals surface area contributed by atoms with Crippen LogP contribution in [0.25, 0.3) is 0 Å². The molecule has 2 bridgehead atoms. The molecule has 0 saturated heterocycles. The lowest BCUT2D eigenvalue weighted by atomic mass is 9.85. The second-order valence-corrected chi connectivity index (χ2v) is 11.5. The Morgan fingerprint density at radius 2 is 1.82 bits per heavy atom. The highest BCUT2D eigenvalue weighted by atomic mass is 16.6. The number of carbonyl (C=O) groups excluding carboxylic acids is 4. The van der Waals surface area contributed by atoms with Crippen LogP contribution < -0.4 is 11.1 Å². The highest BCUT2D eigenvalue weighted by Crippen LogP contribution is 2.29. The van der Waals surface area contributed by atoms with Gasteiger partial charge in [-0.2, -0.15) is 0 Å². The van der Waals surface area contributed by atoms with Crippen LogP contribution in [0.15, 0.2) is 58.6 Å². The Morgan fingerprint density at radius 3 is 2.41 bits per heavy atom. The molecule has 2 aliphatic rings. The molecule has 1 unspecified atom stereocenters. The molecule has 1 aliphatic heterocycles. The zero-order valence-electron chi connectivity index (χ0n) is 26.9. The average Bonchev–Trinajstić information content (AvgIpc) is 2.95. The molecule has 0 saturated carbocycles. The third kappa shape index (κ3) is 10.3. The predicted molar refractivity (Wildman–Crippen MR) is 164 cm³/mol. The van der Waals surface area contributed by atoms with Crippen molar-refractivity contribution in [3.63, 3.8) is 0 Å². The zero-order chi connectivity index (χ0) is 33.1. The van der Waals surface area contributed by atoms with Crippen LogP contribution in [-0.2, 0) is 33.3 Å². The van der Waals surface area contributed by atoms with Crippen molar-refractivity contribution in [1.82, 2.24) is 10.2 Å². The van der Waals surface area contributed by atoms with Crippen molar-refractivity contribution >= 4 is 23.6 Å². The predicted octanol–water partition coefficient (Wildman–Crippen LogP) is 2.34. The molecule has 244 valence electrons. The van der Waals surface area contributed by atoms with Gasteiger partial charge < -0.3 is 40.0 Å². The van der Waals surface area contributed by atoms with Gasteiger partial charge in [-0.1, -0.05) is 38.2 Å². The Hall–Kier alpha value is -3.58. The first-order valence-corrected chi connectivity index (χ1v) is 14.6. The van der Waals surface area contributed by atoms with E-state index < -0.39 is 53.9 Å². The van der Waals surface area contributed by atoms with E-state index in [-0.39, 0.29) is 41.5 Å². The van der Waals surface area contributed by atoms with Gasteiger partial charge in [-0.25, -0.2) is 4.79 Å². The van der Waals surface area contributed by atoms with Crippen molar-refractivity contribution in [2.75, 3.05) is 41.5 Å². The number of nitrogens with two attached hydrogens (primary N) is 1. The third-order valence-electron chi connectivity index (χ3n) is 7.53. The van der Waals surface area contributed by atoms with Crippen LogP contribution in [-0.4, -0.2) is 99.5 Å². The number of hydrogen-bond acceptors (Lipinski definition) is 10. The van der Waals surface area contributed by atoms with E-state index in [2.05, 4.69) is 5.32 Å². The monoisotopic (exact) mass is 617 g/mol. The highest BCUT2D eigenvalue weighted by molar-refractivity contribution is 6.23. The molecule has 2 amide bonds. The van der Waals surface area contributed by atoms with Gasteiger partial charge in [0.25, 0.3) is 5.91 Å². The van der Waals surface area contributed by atoms with Gasteiger partial charge in [0.05, 0.1) is 17.9 Å². The summed E-state index contributed by atoms with van der Waals surface area (Å²) in [5.41, 5.74) is 6.17. The van der Waals surface area contributed by atoms with E-state index >= 15 is 0 Å². The number of methoxy groups -OCH3 is 2. The van der Waals surface area contributed by atoms with Crippen LogP contribution in [0.1, 0.15) is 40.5 Å². The molecule has 0 spiro atoms. The normalized spacial score (nSPS) is 31.0. The van der Waals surface area contributed by atoms with Crippen LogP contribution in [0.5, 0.6) is 0 Å². The molecule has 0 aromatic heterocycles. The molecule has 12 nitrogen and oxygen atoms in total. The van der Waals surface area contributed by atoms with Crippen LogP contribution in [0, 0.1) is 11.8 Å². The Bertz CT molecular complexity index is 1230. The van der Waals surface area contributed by atoms with Crippen LogP contribution in [0.4, 0.5) is 4.79 Å². The van der Waals surface area contributed by atoms with Crippen molar-refractivity contribution in [3.8, 4) is 0 Å². The molecule has 6 atom stereocenters. The Labute approximate surface area is 259 Å². The summed E-state index contributed by atoms with van der Waals surface area (Å²) in [5, 5.41) is 13.8. The number of nitrogens with one attached hydrogen (secondary N) is 1. The summed E-state index contributed by atoms with van der Waals surface area (Å²) in [6.07, 6.45) is 3.63. The summed E-state index contributed by atoms with van der Waals surface area (Å²) in [4.78, 5) is 53.5. The van der Waals surface area contributed by atoms with Gasteiger partial charge in [0.2, 0.25) is 11.6 Å². The summed E-state index contributed by atoms with van der Waals surface area (Å²) in [6.45, 7) is 7.68. The van der Waals surface area contributed by atoms with Gasteiger partial charge in [-0.15, -0.1) is 0 Å². The quantitative estimate of drug-likeness (QED) is 0.285. The standard InChI is InChI=1S/C32H47N3O9/c1-18-14-22-28(38)23(17-24(36)30(22)43-13-12-35(5)6)34-31(39)19(2)10-9-11-25(41-7)29(44-32(33)40)21(4)16-20(3)27(37)26(15-18)42-8/h9-11,16-18,20,25-27,29,37H,12-15H2,1-8H3,(H2,33,40)(H,34,39)/b11-9-,19-10+,21-16+/t18-,20+,25?,26+,27-,29+/m1/s1. The van der Waals surface area contributed by atoms with Crippen molar-refractivity contribution in [1.29, 1.82) is 0 Å². The van der Waals surface area contributed by atoms with Crippen molar-refractivity contribution in [2.45, 2.75) is 65.0 Å². The number of amides is 2. The van der Waals surface area contributed by atoms with Crippen molar-refractivity contribution in [3.05, 3.63) is 58.6 Å². The minimum atomic E-state index is -1.00. The minimum absolute atomic E-state index is 0.0460. The largest absolute Gasteiger partial charge is 0.488 e. The van der Waals surface area contributed by atoms with Crippen molar-refractivity contribution < 1.29 is 43.2 Å². The lowest BCUT2D eigenvalue weighted by molar-refractivity contribution is -0.121. The van der Waals surface area contributed by atoms with Crippen molar-refractivity contribution in [2.24, 2.45) is 17.6 Å². The van der Waals surface area contributed by atoms with E-state index in [1.54, 1.807) is 39.0 Å².